The van der Waals surface area contributed by atoms with E-state index in [-0.39, 0.29) is 10.7 Å². The fourth-order valence-corrected chi connectivity index (χ4v) is 1.14. The standard InChI is InChI=1S/C11H8ClF4N/c1-7(11(14,15)16)5-6-17-10-8(12)3-2-4-9(10)13/h2-6H,1H3. The molecule has 0 spiro atoms. The molecule has 0 fully saturated rings. The van der Waals surface area contributed by atoms with Gasteiger partial charge in [-0.2, -0.15) is 13.2 Å². The van der Waals surface area contributed by atoms with Gasteiger partial charge >= 0.3 is 6.18 Å². The van der Waals surface area contributed by atoms with Gasteiger partial charge in [0.2, 0.25) is 0 Å². The predicted molar refractivity (Wildman–Crippen MR) is 59.4 cm³/mol. The van der Waals surface area contributed by atoms with Crippen LogP contribution in [0.25, 0.3) is 0 Å². The summed E-state index contributed by atoms with van der Waals surface area (Å²) >= 11 is 5.64. The molecule has 92 valence electrons. The molecular weight excluding hydrogens is 258 g/mol. The SMILES string of the molecule is CC(=CC=Nc1c(F)cccc1Cl)C(F)(F)F. The molecule has 0 aliphatic carbocycles. The van der Waals surface area contributed by atoms with Gasteiger partial charge in [0.15, 0.2) is 0 Å². The molecular formula is C11H8ClF4N. The third-order valence-corrected chi connectivity index (χ3v) is 2.22. The lowest BCUT2D eigenvalue weighted by Gasteiger charge is -2.04. The predicted octanol–water partition coefficient (Wildman–Crippen LogP) is 4.69. The Hall–Kier alpha value is -1.36. The maximum absolute atomic E-state index is 13.2. The minimum atomic E-state index is -4.41. The van der Waals surface area contributed by atoms with Crippen molar-refractivity contribution in [2.24, 2.45) is 4.99 Å². The zero-order valence-electron chi connectivity index (χ0n) is 8.72. The second kappa shape index (κ2) is 5.31. The number of aliphatic imine (C=N–C) groups is 1. The molecule has 0 aromatic heterocycles. The van der Waals surface area contributed by atoms with Crippen LogP contribution >= 0.6 is 11.6 Å². The number of rotatable bonds is 2. The van der Waals surface area contributed by atoms with E-state index in [1.54, 1.807) is 0 Å². The first-order valence-electron chi connectivity index (χ1n) is 4.54. The summed E-state index contributed by atoms with van der Waals surface area (Å²) in [4.78, 5) is 3.55. The van der Waals surface area contributed by atoms with E-state index in [1.165, 1.54) is 12.1 Å². The zero-order chi connectivity index (χ0) is 13.1. The summed E-state index contributed by atoms with van der Waals surface area (Å²) in [6.45, 7) is 0.898. The van der Waals surface area contributed by atoms with Gasteiger partial charge in [-0.1, -0.05) is 17.7 Å². The van der Waals surface area contributed by atoms with Gasteiger partial charge in [0.25, 0.3) is 0 Å². The lowest BCUT2D eigenvalue weighted by atomic mass is 10.3. The van der Waals surface area contributed by atoms with Gasteiger partial charge < -0.3 is 0 Å². The first kappa shape index (κ1) is 13.7. The van der Waals surface area contributed by atoms with Gasteiger partial charge in [-0.25, -0.2) is 4.39 Å². The summed E-state index contributed by atoms with van der Waals surface area (Å²) in [7, 11) is 0. The minimum absolute atomic E-state index is 0.0410. The highest BCUT2D eigenvalue weighted by Crippen LogP contribution is 2.28. The van der Waals surface area contributed by atoms with E-state index < -0.39 is 17.6 Å². The summed E-state index contributed by atoms with van der Waals surface area (Å²) in [5, 5.41) is 0.0410. The molecule has 0 aliphatic heterocycles. The van der Waals surface area contributed by atoms with Crippen molar-refractivity contribution in [2.75, 3.05) is 0 Å². The average molecular weight is 266 g/mol. The molecule has 0 amide bonds. The van der Waals surface area contributed by atoms with Crippen molar-refractivity contribution in [1.29, 1.82) is 0 Å². The Balaban J connectivity index is 2.93. The van der Waals surface area contributed by atoms with Gasteiger partial charge in [0.05, 0.1) is 5.02 Å². The van der Waals surface area contributed by atoms with E-state index >= 15 is 0 Å². The van der Waals surface area contributed by atoms with Crippen molar-refractivity contribution in [2.45, 2.75) is 13.1 Å². The fraction of sp³-hybridized carbons (Fsp3) is 0.182. The highest BCUT2D eigenvalue weighted by molar-refractivity contribution is 6.33. The smallest absolute Gasteiger partial charge is 0.252 e. The Morgan fingerprint density at radius 2 is 2.00 bits per heavy atom. The van der Waals surface area contributed by atoms with Gasteiger partial charge in [-0.05, 0) is 25.1 Å². The van der Waals surface area contributed by atoms with Crippen LogP contribution in [-0.4, -0.2) is 12.4 Å². The van der Waals surface area contributed by atoms with Crippen LogP contribution in [0.5, 0.6) is 0 Å². The second-order valence-electron chi connectivity index (χ2n) is 3.20. The van der Waals surface area contributed by atoms with E-state index in [2.05, 4.69) is 4.99 Å². The van der Waals surface area contributed by atoms with Gasteiger partial charge in [-0.3, -0.25) is 4.99 Å². The van der Waals surface area contributed by atoms with Gasteiger partial charge in [-0.15, -0.1) is 0 Å². The van der Waals surface area contributed by atoms with E-state index in [0.29, 0.717) is 0 Å². The second-order valence-corrected chi connectivity index (χ2v) is 3.60. The molecule has 1 aromatic rings. The summed E-state index contributed by atoms with van der Waals surface area (Å²) < 4.78 is 49.5. The van der Waals surface area contributed by atoms with Crippen molar-refractivity contribution in [3.05, 3.63) is 40.7 Å². The molecule has 0 saturated carbocycles. The Kier molecular flexibility index (Phi) is 4.28. The molecule has 0 radical (unpaired) electrons. The summed E-state index contributed by atoms with van der Waals surface area (Å²) in [5.74, 6) is -0.688. The number of hydrogen-bond donors (Lipinski definition) is 0. The summed E-state index contributed by atoms with van der Waals surface area (Å²) in [6, 6.07) is 3.91. The zero-order valence-corrected chi connectivity index (χ0v) is 9.48. The normalized spacial score (nSPS) is 13.4. The Morgan fingerprint density at radius 1 is 1.35 bits per heavy atom. The Morgan fingerprint density at radius 3 is 2.53 bits per heavy atom. The maximum Gasteiger partial charge on any atom is 0.412 e. The van der Waals surface area contributed by atoms with Crippen LogP contribution in [0.3, 0.4) is 0 Å². The van der Waals surface area contributed by atoms with Crippen LogP contribution in [0.2, 0.25) is 5.02 Å². The van der Waals surface area contributed by atoms with Crippen molar-refractivity contribution < 1.29 is 17.6 Å². The molecule has 1 aromatic carbocycles. The van der Waals surface area contributed by atoms with Gasteiger partial charge in [0, 0.05) is 11.8 Å². The molecule has 1 nitrogen and oxygen atoms in total. The van der Waals surface area contributed by atoms with Crippen molar-refractivity contribution in [3.8, 4) is 0 Å². The summed E-state index contributed by atoms with van der Waals surface area (Å²) in [5.41, 5.74) is -1.01. The van der Waals surface area contributed by atoms with Crippen LogP contribution in [-0.2, 0) is 0 Å². The monoisotopic (exact) mass is 265 g/mol. The van der Waals surface area contributed by atoms with Crippen LogP contribution < -0.4 is 0 Å². The first-order valence-corrected chi connectivity index (χ1v) is 4.92. The number of hydrogen-bond acceptors (Lipinski definition) is 1. The molecule has 0 N–H and O–H groups in total. The first-order chi connectivity index (χ1) is 7.82. The minimum Gasteiger partial charge on any atom is -0.252 e. The van der Waals surface area contributed by atoms with Crippen LogP contribution in [0.1, 0.15) is 6.92 Å². The number of alkyl halides is 3. The number of benzene rings is 1. The largest absolute Gasteiger partial charge is 0.412 e. The van der Waals surface area contributed by atoms with E-state index in [1.807, 2.05) is 0 Å². The van der Waals surface area contributed by atoms with Crippen LogP contribution in [0, 0.1) is 5.82 Å². The maximum atomic E-state index is 13.2. The molecule has 0 atom stereocenters. The van der Waals surface area contributed by atoms with E-state index in [0.717, 1.165) is 25.3 Å². The number of halogens is 5. The Bertz CT molecular complexity index is 443. The molecule has 0 aliphatic rings. The van der Waals surface area contributed by atoms with Crippen molar-refractivity contribution in [1.82, 2.24) is 0 Å². The summed E-state index contributed by atoms with van der Waals surface area (Å²) in [6.07, 6.45) is -2.79. The Labute approximate surface area is 100 Å². The lowest BCUT2D eigenvalue weighted by molar-refractivity contribution is -0.0911. The average Bonchev–Trinajstić information content (AvgIpc) is 2.20. The van der Waals surface area contributed by atoms with Crippen molar-refractivity contribution >= 4 is 23.5 Å². The lowest BCUT2D eigenvalue weighted by Crippen LogP contribution is -2.08. The molecule has 17 heavy (non-hydrogen) atoms. The van der Waals surface area contributed by atoms with E-state index in [4.69, 9.17) is 11.6 Å². The topological polar surface area (TPSA) is 12.4 Å². The number of nitrogens with zero attached hydrogens (tertiary/aromatic N) is 1. The fourth-order valence-electron chi connectivity index (χ4n) is 0.930. The van der Waals surface area contributed by atoms with E-state index in [9.17, 15) is 17.6 Å². The van der Waals surface area contributed by atoms with Gasteiger partial charge in [0.1, 0.15) is 11.5 Å². The third kappa shape index (κ3) is 3.85. The third-order valence-electron chi connectivity index (χ3n) is 1.91. The molecule has 6 heteroatoms. The van der Waals surface area contributed by atoms with Crippen LogP contribution in [0.15, 0.2) is 34.8 Å². The van der Waals surface area contributed by atoms with Crippen LogP contribution in [0.4, 0.5) is 23.2 Å². The highest BCUT2D eigenvalue weighted by Gasteiger charge is 2.29. The molecule has 0 saturated heterocycles. The molecule has 0 bridgehead atoms. The molecule has 0 heterocycles. The number of para-hydroxylation sites is 1. The molecule has 0 unspecified atom stereocenters. The number of allylic oxidation sites excluding steroid dienone is 2. The highest BCUT2D eigenvalue weighted by atomic mass is 35.5. The molecule has 1 rings (SSSR count). The quantitative estimate of drug-likeness (QED) is 0.543. The van der Waals surface area contributed by atoms with Crippen molar-refractivity contribution in [3.63, 3.8) is 0 Å².